The van der Waals surface area contributed by atoms with Crippen molar-refractivity contribution in [1.82, 2.24) is 29.4 Å². The number of piperidine rings is 1. The fourth-order valence-corrected chi connectivity index (χ4v) is 5.47. The first-order valence-electron chi connectivity index (χ1n) is 10.7. The first-order chi connectivity index (χ1) is 14.6. The molecule has 0 bridgehead atoms. The molecule has 3 aromatic rings. The van der Waals surface area contributed by atoms with Gasteiger partial charge >= 0.3 is 5.69 Å². The molecule has 4 heterocycles. The highest BCUT2D eigenvalue weighted by Gasteiger charge is 2.32. The van der Waals surface area contributed by atoms with Crippen molar-refractivity contribution < 1.29 is 4.79 Å². The highest BCUT2D eigenvalue weighted by Crippen LogP contribution is 2.34. The number of nitrogens with one attached hydrogen (secondary N) is 1. The van der Waals surface area contributed by atoms with E-state index in [1.165, 1.54) is 17.5 Å². The number of aromatic amines is 1. The van der Waals surface area contributed by atoms with Crippen molar-refractivity contribution in [3.8, 4) is 10.6 Å². The van der Waals surface area contributed by atoms with Crippen LogP contribution in [0.25, 0.3) is 10.6 Å². The molecule has 158 valence electrons. The molecule has 0 atom stereocenters. The largest absolute Gasteiger partial charge is 0.345 e. The van der Waals surface area contributed by atoms with Crippen LogP contribution in [0.5, 0.6) is 0 Å². The average Bonchev–Trinajstić information content (AvgIpc) is 3.55. The maximum Gasteiger partial charge on any atom is 0.345 e. The Kier molecular flexibility index (Phi) is 5.06. The van der Waals surface area contributed by atoms with Crippen LogP contribution in [0.3, 0.4) is 0 Å². The molecule has 1 aliphatic heterocycles. The van der Waals surface area contributed by atoms with Gasteiger partial charge in [0, 0.05) is 32.1 Å². The SMILES string of the molecule is Cn1nc(C2CCN(C(=O)c3cc(-c4cccs4)[nH]n3)CC2)n(C2CCCC2)c1=O. The first-order valence-corrected chi connectivity index (χ1v) is 11.5. The average molecular weight is 427 g/mol. The van der Waals surface area contributed by atoms with Gasteiger partial charge < -0.3 is 4.90 Å². The minimum Gasteiger partial charge on any atom is -0.337 e. The molecule has 30 heavy (non-hydrogen) atoms. The maximum absolute atomic E-state index is 12.9. The summed E-state index contributed by atoms with van der Waals surface area (Å²) < 4.78 is 3.41. The molecule has 5 rings (SSSR count). The second-order valence-corrected chi connectivity index (χ2v) is 9.23. The standard InChI is InChI=1S/C21H26N6O2S/c1-25-21(29)27(15-5-2-3-6-15)19(24-25)14-8-10-26(11-9-14)20(28)17-13-16(22-23-17)18-7-4-12-30-18/h4,7,12-15H,2-3,5-6,8-11H2,1H3,(H,22,23). The highest BCUT2D eigenvalue weighted by atomic mass is 32.1. The van der Waals surface area contributed by atoms with E-state index in [0.717, 1.165) is 42.1 Å². The lowest BCUT2D eigenvalue weighted by Crippen LogP contribution is -2.39. The molecule has 1 N–H and O–H groups in total. The monoisotopic (exact) mass is 426 g/mol. The lowest BCUT2D eigenvalue weighted by molar-refractivity contribution is 0.0703. The fraction of sp³-hybridized carbons (Fsp3) is 0.524. The van der Waals surface area contributed by atoms with E-state index in [2.05, 4.69) is 15.3 Å². The van der Waals surface area contributed by atoms with Crippen molar-refractivity contribution in [2.45, 2.75) is 50.5 Å². The number of aromatic nitrogens is 5. The molecule has 2 fully saturated rings. The Morgan fingerprint density at radius 2 is 1.97 bits per heavy atom. The second kappa shape index (κ2) is 7.86. The van der Waals surface area contributed by atoms with Gasteiger partial charge in [-0.3, -0.25) is 14.5 Å². The van der Waals surface area contributed by atoms with Crippen molar-refractivity contribution in [2.24, 2.45) is 7.05 Å². The van der Waals surface area contributed by atoms with Crippen LogP contribution in [0.15, 0.2) is 28.4 Å². The van der Waals surface area contributed by atoms with Crippen LogP contribution >= 0.6 is 11.3 Å². The van der Waals surface area contributed by atoms with Crippen molar-refractivity contribution in [1.29, 1.82) is 0 Å². The van der Waals surface area contributed by atoms with Crippen LogP contribution in [0.2, 0.25) is 0 Å². The van der Waals surface area contributed by atoms with E-state index in [1.54, 1.807) is 18.4 Å². The van der Waals surface area contributed by atoms with E-state index >= 15 is 0 Å². The summed E-state index contributed by atoms with van der Waals surface area (Å²) in [5, 5.41) is 13.8. The number of hydrogen-bond acceptors (Lipinski definition) is 5. The Morgan fingerprint density at radius 1 is 1.20 bits per heavy atom. The zero-order valence-electron chi connectivity index (χ0n) is 17.1. The summed E-state index contributed by atoms with van der Waals surface area (Å²) in [6, 6.07) is 6.10. The number of amides is 1. The van der Waals surface area contributed by atoms with Gasteiger partial charge in [-0.05, 0) is 43.2 Å². The molecule has 0 spiro atoms. The van der Waals surface area contributed by atoms with Crippen LogP contribution < -0.4 is 5.69 Å². The maximum atomic E-state index is 12.9. The Morgan fingerprint density at radius 3 is 2.67 bits per heavy atom. The van der Waals surface area contributed by atoms with Gasteiger partial charge in [0.15, 0.2) is 5.69 Å². The molecule has 1 saturated carbocycles. The van der Waals surface area contributed by atoms with Crippen LogP contribution in [-0.2, 0) is 7.05 Å². The van der Waals surface area contributed by atoms with Crippen molar-refractivity contribution in [2.75, 3.05) is 13.1 Å². The fourth-order valence-electron chi connectivity index (χ4n) is 4.77. The summed E-state index contributed by atoms with van der Waals surface area (Å²) in [6.45, 7) is 1.31. The van der Waals surface area contributed by atoms with Gasteiger partial charge in [-0.1, -0.05) is 18.9 Å². The Balaban J connectivity index is 1.28. The highest BCUT2D eigenvalue weighted by molar-refractivity contribution is 7.13. The van der Waals surface area contributed by atoms with E-state index in [-0.39, 0.29) is 23.6 Å². The predicted octanol–water partition coefficient (Wildman–Crippen LogP) is 3.17. The molecule has 1 saturated heterocycles. The van der Waals surface area contributed by atoms with Gasteiger partial charge in [0.05, 0.1) is 10.6 Å². The number of aryl methyl sites for hydroxylation is 1. The molecular weight excluding hydrogens is 400 g/mol. The summed E-state index contributed by atoms with van der Waals surface area (Å²) in [7, 11) is 1.73. The number of carbonyl (C=O) groups excluding carboxylic acids is 1. The number of carbonyl (C=O) groups is 1. The molecule has 1 amide bonds. The Bertz CT molecular complexity index is 1080. The second-order valence-electron chi connectivity index (χ2n) is 8.28. The van der Waals surface area contributed by atoms with Gasteiger partial charge in [-0.25, -0.2) is 9.48 Å². The number of rotatable bonds is 4. The van der Waals surface area contributed by atoms with Gasteiger partial charge in [-0.15, -0.1) is 11.3 Å². The predicted molar refractivity (Wildman–Crippen MR) is 115 cm³/mol. The lowest BCUT2D eigenvalue weighted by Gasteiger charge is -2.31. The van der Waals surface area contributed by atoms with Gasteiger partial charge in [-0.2, -0.15) is 10.2 Å². The molecule has 0 radical (unpaired) electrons. The quantitative estimate of drug-likeness (QED) is 0.694. The number of thiophene rings is 1. The summed E-state index contributed by atoms with van der Waals surface area (Å²) in [4.78, 5) is 28.5. The van der Waals surface area contributed by atoms with E-state index in [0.29, 0.717) is 18.8 Å². The van der Waals surface area contributed by atoms with Crippen LogP contribution in [0.4, 0.5) is 0 Å². The topological polar surface area (TPSA) is 88.8 Å². The third-order valence-corrected chi connectivity index (χ3v) is 7.31. The smallest absolute Gasteiger partial charge is 0.337 e. The summed E-state index contributed by atoms with van der Waals surface area (Å²) in [6.07, 6.45) is 6.10. The third-order valence-electron chi connectivity index (χ3n) is 6.40. The Labute approximate surface area is 178 Å². The molecule has 8 nitrogen and oxygen atoms in total. The van der Waals surface area contributed by atoms with Crippen LogP contribution in [0.1, 0.15) is 66.8 Å². The van der Waals surface area contributed by atoms with Gasteiger partial charge in [0.2, 0.25) is 0 Å². The van der Waals surface area contributed by atoms with E-state index in [1.807, 2.05) is 33.0 Å². The van der Waals surface area contributed by atoms with Crippen molar-refractivity contribution in [3.05, 3.63) is 45.6 Å². The number of hydrogen-bond donors (Lipinski definition) is 1. The van der Waals surface area contributed by atoms with Gasteiger partial charge in [0.25, 0.3) is 5.91 Å². The minimum atomic E-state index is -0.0401. The Hall–Kier alpha value is -2.68. The van der Waals surface area contributed by atoms with Crippen LogP contribution in [-0.4, -0.2) is 48.4 Å². The van der Waals surface area contributed by atoms with Gasteiger partial charge in [0.1, 0.15) is 5.82 Å². The number of likely N-dealkylation sites (tertiary alicyclic amines) is 1. The number of nitrogens with zero attached hydrogens (tertiary/aromatic N) is 5. The summed E-state index contributed by atoms with van der Waals surface area (Å²) >= 11 is 1.62. The van der Waals surface area contributed by atoms with E-state index in [9.17, 15) is 9.59 Å². The van der Waals surface area contributed by atoms with E-state index < -0.39 is 0 Å². The normalized spacial score (nSPS) is 18.4. The molecule has 3 aromatic heterocycles. The minimum absolute atomic E-state index is 0.00645. The third kappa shape index (κ3) is 3.40. The number of H-pyrrole nitrogens is 1. The first kappa shape index (κ1) is 19.3. The molecule has 9 heteroatoms. The zero-order valence-corrected chi connectivity index (χ0v) is 17.9. The molecular formula is C21H26N6O2S. The van der Waals surface area contributed by atoms with E-state index in [4.69, 9.17) is 0 Å². The molecule has 0 unspecified atom stereocenters. The molecule has 0 aromatic carbocycles. The lowest BCUT2D eigenvalue weighted by atomic mass is 9.95. The van der Waals surface area contributed by atoms with Crippen molar-refractivity contribution >= 4 is 17.2 Å². The molecule has 2 aliphatic rings. The zero-order chi connectivity index (χ0) is 20.7. The van der Waals surface area contributed by atoms with Crippen LogP contribution in [0, 0.1) is 0 Å². The molecule has 1 aliphatic carbocycles. The summed E-state index contributed by atoms with van der Waals surface area (Å²) in [5.74, 6) is 1.08. The summed E-state index contributed by atoms with van der Waals surface area (Å²) in [5.41, 5.74) is 1.32. The van der Waals surface area contributed by atoms with Crippen molar-refractivity contribution in [3.63, 3.8) is 0 Å².